The summed E-state index contributed by atoms with van der Waals surface area (Å²) >= 11 is 0. The van der Waals surface area contributed by atoms with Gasteiger partial charge in [-0.15, -0.1) is 0 Å². The van der Waals surface area contributed by atoms with Gasteiger partial charge < -0.3 is 13.6 Å². The molecule has 0 spiro atoms. The topological polar surface area (TPSA) is 55.8 Å². The predicted molar refractivity (Wildman–Crippen MR) is 52.8 cm³/mol. The van der Waals surface area contributed by atoms with Crippen LogP contribution in [0.25, 0.3) is 0 Å². The molecule has 2 heterocycles. The van der Waals surface area contributed by atoms with Crippen LogP contribution < -0.4 is 5.82 Å². The number of hydrogen-bond donors (Lipinski definition) is 0. The summed E-state index contributed by atoms with van der Waals surface area (Å²) in [6, 6.07) is 0.342. The van der Waals surface area contributed by atoms with E-state index in [1.165, 1.54) is 6.26 Å². The van der Waals surface area contributed by atoms with Gasteiger partial charge in [0, 0.05) is 25.6 Å². The first-order chi connectivity index (χ1) is 7.25. The number of rotatable bonds is 3. The molecule has 1 fully saturated rings. The lowest BCUT2D eigenvalue weighted by atomic mass is 10.1. The molecule has 1 aromatic heterocycles. The molecule has 1 aliphatic rings. The molecule has 5 nitrogen and oxygen atoms in total. The SMILES string of the molecule is CC(Cc1coc(=O)o1)N1CCOCC1. The van der Waals surface area contributed by atoms with Gasteiger partial charge >= 0.3 is 5.82 Å². The average Bonchev–Trinajstić information content (AvgIpc) is 2.65. The Bertz CT molecular complexity index is 350. The minimum Gasteiger partial charge on any atom is -0.399 e. The summed E-state index contributed by atoms with van der Waals surface area (Å²) < 4.78 is 14.7. The van der Waals surface area contributed by atoms with Gasteiger partial charge in [-0.2, -0.15) is 0 Å². The van der Waals surface area contributed by atoms with Crippen molar-refractivity contribution in [3.63, 3.8) is 0 Å². The monoisotopic (exact) mass is 213 g/mol. The van der Waals surface area contributed by atoms with E-state index in [0.717, 1.165) is 26.3 Å². The molecule has 1 atom stereocenters. The zero-order valence-electron chi connectivity index (χ0n) is 8.77. The second-order valence-corrected chi connectivity index (χ2v) is 3.76. The Balaban J connectivity index is 1.90. The molecule has 5 heteroatoms. The Morgan fingerprint density at radius 2 is 2.20 bits per heavy atom. The summed E-state index contributed by atoms with van der Waals surface area (Å²) in [5.74, 6) is -0.0156. The zero-order chi connectivity index (χ0) is 10.7. The van der Waals surface area contributed by atoms with Crippen LogP contribution >= 0.6 is 0 Å². The summed E-state index contributed by atoms with van der Waals surface area (Å²) in [7, 11) is 0. The lowest BCUT2D eigenvalue weighted by Crippen LogP contribution is -2.43. The minimum absolute atomic E-state index is 0.342. The van der Waals surface area contributed by atoms with Gasteiger partial charge in [0.25, 0.3) is 0 Å². The molecule has 15 heavy (non-hydrogen) atoms. The third-order valence-electron chi connectivity index (χ3n) is 2.67. The van der Waals surface area contributed by atoms with Gasteiger partial charge in [-0.25, -0.2) is 4.79 Å². The van der Waals surface area contributed by atoms with E-state index in [1.807, 2.05) is 0 Å². The normalized spacial score (nSPS) is 20.3. The molecule has 0 amide bonds. The molecule has 2 rings (SSSR count). The fourth-order valence-electron chi connectivity index (χ4n) is 1.80. The van der Waals surface area contributed by atoms with Crippen molar-refractivity contribution in [1.29, 1.82) is 0 Å². The predicted octanol–water partition coefficient (Wildman–Crippen LogP) is 0.496. The molecule has 0 aliphatic carbocycles. The lowest BCUT2D eigenvalue weighted by Gasteiger charge is -2.31. The van der Waals surface area contributed by atoms with Crippen molar-refractivity contribution in [2.45, 2.75) is 19.4 Å². The fourth-order valence-corrected chi connectivity index (χ4v) is 1.80. The molecular weight excluding hydrogens is 198 g/mol. The molecule has 0 bridgehead atoms. The summed E-state index contributed by atoms with van der Waals surface area (Å²) in [5.41, 5.74) is 0. The maximum absolute atomic E-state index is 10.7. The van der Waals surface area contributed by atoms with E-state index in [2.05, 4.69) is 16.2 Å². The highest BCUT2D eigenvalue weighted by Crippen LogP contribution is 2.09. The second-order valence-electron chi connectivity index (χ2n) is 3.76. The molecule has 1 unspecified atom stereocenters. The van der Waals surface area contributed by atoms with Crippen molar-refractivity contribution < 1.29 is 13.6 Å². The molecule has 0 radical (unpaired) electrons. The van der Waals surface area contributed by atoms with Crippen LogP contribution in [0.1, 0.15) is 12.7 Å². The van der Waals surface area contributed by atoms with E-state index >= 15 is 0 Å². The molecule has 84 valence electrons. The van der Waals surface area contributed by atoms with Crippen LogP contribution in [-0.2, 0) is 11.2 Å². The van der Waals surface area contributed by atoms with Crippen molar-refractivity contribution in [3.05, 3.63) is 22.6 Å². The van der Waals surface area contributed by atoms with E-state index in [4.69, 9.17) is 9.15 Å². The van der Waals surface area contributed by atoms with Gasteiger partial charge in [0.05, 0.1) is 13.2 Å². The Hall–Kier alpha value is -1.07. The summed E-state index contributed by atoms with van der Waals surface area (Å²) in [6.45, 7) is 5.53. The highest BCUT2D eigenvalue weighted by Gasteiger charge is 2.18. The molecule has 0 saturated carbocycles. The number of hydrogen-bond acceptors (Lipinski definition) is 5. The van der Waals surface area contributed by atoms with Gasteiger partial charge in [0.15, 0.2) is 0 Å². The summed E-state index contributed by atoms with van der Waals surface area (Å²) in [4.78, 5) is 13.0. The molecule has 0 N–H and O–H groups in total. The van der Waals surface area contributed by atoms with E-state index in [1.54, 1.807) is 0 Å². The van der Waals surface area contributed by atoms with Gasteiger partial charge in [0.1, 0.15) is 12.0 Å². The number of nitrogens with zero attached hydrogens (tertiary/aromatic N) is 1. The lowest BCUT2D eigenvalue weighted by molar-refractivity contribution is 0.0194. The molecule has 1 saturated heterocycles. The van der Waals surface area contributed by atoms with E-state index in [0.29, 0.717) is 18.2 Å². The first-order valence-corrected chi connectivity index (χ1v) is 5.15. The van der Waals surface area contributed by atoms with Crippen LogP contribution in [0.5, 0.6) is 0 Å². The first kappa shape index (κ1) is 10.4. The van der Waals surface area contributed by atoms with Crippen LogP contribution in [0.3, 0.4) is 0 Å². The van der Waals surface area contributed by atoms with Gasteiger partial charge in [-0.3, -0.25) is 4.90 Å². The average molecular weight is 213 g/mol. The van der Waals surface area contributed by atoms with Gasteiger partial charge in [0.2, 0.25) is 0 Å². The molecular formula is C10H15NO4. The fraction of sp³-hybridized carbons (Fsp3) is 0.700. The highest BCUT2D eigenvalue weighted by molar-refractivity contribution is 4.90. The molecule has 1 aromatic rings. The Kier molecular flexibility index (Phi) is 3.23. The summed E-state index contributed by atoms with van der Waals surface area (Å²) in [6.07, 6.45) is 2.09. The van der Waals surface area contributed by atoms with Crippen molar-refractivity contribution in [2.24, 2.45) is 0 Å². The van der Waals surface area contributed by atoms with Crippen LogP contribution in [-0.4, -0.2) is 37.2 Å². The maximum atomic E-state index is 10.7. The Morgan fingerprint density at radius 3 is 2.80 bits per heavy atom. The standard InChI is InChI=1S/C10H15NO4/c1-8(11-2-4-13-5-3-11)6-9-7-14-10(12)15-9/h7-8H,2-6H2,1H3. The van der Waals surface area contributed by atoms with Crippen LogP contribution in [0.15, 0.2) is 19.9 Å². The Labute approximate surface area is 87.6 Å². The molecule has 1 aliphatic heterocycles. The zero-order valence-corrected chi connectivity index (χ0v) is 8.77. The largest absolute Gasteiger partial charge is 0.518 e. The van der Waals surface area contributed by atoms with Crippen molar-refractivity contribution in [3.8, 4) is 0 Å². The minimum atomic E-state index is -0.626. The maximum Gasteiger partial charge on any atom is 0.518 e. The van der Waals surface area contributed by atoms with Crippen LogP contribution in [0.4, 0.5) is 0 Å². The van der Waals surface area contributed by atoms with Crippen molar-refractivity contribution in [2.75, 3.05) is 26.3 Å². The van der Waals surface area contributed by atoms with E-state index in [-0.39, 0.29) is 0 Å². The van der Waals surface area contributed by atoms with Crippen LogP contribution in [0, 0.1) is 0 Å². The smallest absolute Gasteiger partial charge is 0.399 e. The number of morpholine rings is 1. The third kappa shape index (κ3) is 2.70. The van der Waals surface area contributed by atoms with Crippen LogP contribution in [0.2, 0.25) is 0 Å². The number of ether oxygens (including phenoxy) is 1. The quantitative estimate of drug-likeness (QED) is 0.731. The Morgan fingerprint density at radius 1 is 1.47 bits per heavy atom. The van der Waals surface area contributed by atoms with Crippen molar-refractivity contribution in [1.82, 2.24) is 4.90 Å². The third-order valence-corrected chi connectivity index (χ3v) is 2.67. The first-order valence-electron chi connectivity index (χ1n) is 5.15. The highest BCUT2D eigenvalue weighted by atomic mass is 16.6. The summed E-state index contributed by atoms with van der Waals surface area (Å²) in [5, 5.41) is 0. The second kappa shape index (κ2) is 4.63. The van der Waals surface area contributed by atoms with E-state index < -0.39 is 5.82 Å². The van der Waals surface area contributed by atoms with E-state index in [9.17, 15) is 4.79 Å². The van der Waals surface area contributed by atoms with Gasteiger partial charge in [-0.05, 0) is 6.92 Å². The van der Waals surface area contributed by atoms with Gasteiger partial charge in [-0.1, -0.05) is 0 Å². The van der Waals surface area contributed by atoms with Crippen molar-refractivity contribution >= 4 is 0 Å². The molecule has 0 aromatic carbocycles.